The third kappa shape index (κ3) is 3.88. The molecule has 0 aliphatic rings. The van der Waals surface area contributed by atoms with E-state index in [4.69, 9.17) is 11.6 Å². The van der Waals surface area contributed by atoms with E-state index in [0.29, 0.717) is 10.2 Å². The summed E-state index contributed by atoms with van der Waals surface area (Å²) in [5.41, 5.74) is 1.56. The molecular weight excluding hydrogens is 302 g/mol. The molecular formula is C12H12ClN3O3S. The minimum absolute atomic E-state index is 0.0619. The molecule has 0 spiro atoms. The molecule has 0 atom stereocenters. The van der Waals surface area contributed by atoms with Gasteiger partial charge in [-0.05, 0) is 25.1 Å². The number of rotatable bonds is 4. The zero-order chi connectivity index (χ0) is 14.5. The first-order valence-corrected chi connectivity index (χ1v) is 7.19. The first-order valence-electron chi connectivity index (χ1n) is 5.83. The molecule has 2 rings (SSSR count). The predicted molar refractivity (Wildman–Crippen MR) is 77.0 cm³/mol. The molecule has 106 valence electrons. The van der Waals surface area contributed by atoms with Gasteiger partial charge in [0, 0.05) is 5.02 Å². The van der Waals surface area contributed by atoms with Crippen LogP contribution in [0.2, 0.25) is 5.02 Å². The standard InChI is InChI=1S/C12H12ClN3O3S/c1-2-19-12(18)16-10(17)6-20-11-14-8-4-3-7(13)5-9(8)15-11/h3-5H,2,6H2,1H3,(H,14,15)(H,16,17,18). The van der Waals surface area contributed by atoms with Gasteiger partial charge in [-0.25, -0.2) is 9.78 Å². The van der Waals surface area contributed by atoms with Gasteiger partial charge < -0.3 is 9.72 Å². The highest BCUT2D eigenvalue weighted by Crippen LogP contribution is 2.21. The molecule has 20 heavy (non-hydrogen) atoms. The summed E-state index contributed by atoms with van der Waals surface area (Å²) in [5, 5.41) is 3.30. The van der Waals surface area contributed by atoms with Crippen molar-refractivity contribution in [3.63, 3.8) is 0 Å². The number of fused-ring (bicyclic) bond motifs is 1. The van der Waals surface area contributed by atoms with Crippen molar-refractivity contribution >= 4 is 46.4 Å². The maximum atomic E-state index is 11.5. The average molecular weight is 314 g/mol. The van der Waals surface area contributed by atoms with Crippen molar-refractivity contribution in [2.75, 3.05) is 12.4 Å². The number of carbonyl (C=O) groups excluding carboxylic acids is 2. The van der Waals surface area contributed by atoms with Gasteiger partial charge in [0.15, 0.2) is 5.16 Å². The molecule has 1 aromatic heterocycles. The number of hydrogen-bond acceptors (Lipinski definition) is 5. The van der Waals surface area contributed by atoms with Crippen LogP contribution in [0, 0.1) is 0 Å². The van der Waals surface area contributed by atoms with Crippen molar-refractivity contribution in [1.29, 1.82) is 0 Å². The Kier molecular flexibility index (Phi) is 4.86. The van der Waals surface area contributed by atoms with Crippen LogP contribution in [0.5, 0.6) is 0 Å². The summed E-state index contributed by atoms with van der Waals surface area (Å²) < 4.78 is 4.61. The van der Waals surface area contributed by atoms with Gasteiger partial charge in [0.25, 0.3) is 0 Å². The molecule has 8 heteroatoms. The number of imide groups is 1. The summed E-state index contributed by atoms with van der Waals surface area (Å²) in [6.07, 6.45) is -0.741. The Morgan fingerprint density at radius 3 is 3.05 bits per heavy atom. The number of thioether (sulfide) groups is 1. The van der Waals surface area contributed by atoms with Crippen LogP contribution in [0.1, 0.15) is 6.92 Å². The fraction of sp³-hybridized carbons (Fsp3) is 0.250. The van der Waals surface area contributed by atoms with Crippen LogP contribution in [0.15, 0.2) is 23.4 Å². The number of aromatic amines is 1. The molecule has 2 aromatic rings. The summed E-state index contributed by atoms with van der Waals surface area (Å²) in [6.45, 7) is 1.88. The van der Waals surface area contributed by atoms with Gasteiger partial charge in [-0.3, -0.25) is 10.1 Å². The van der Waals surface area contributed by atoms with Gasteiger partial charge in [0.1, 0.15) is 0 Å². The van der Waals surface area contributed by atoms with E-state index in [1.807, 2.05) is 0 Å². The summed E-state index contributed by atoms with van der Waals surface area (Å²) in [7, 11) is 0. The second-order valence-corrected chi connectivity index (χ2v) is 5.16. The summed E-state index contributed by atoms with van der Waals surface area (Å²) in [4.78, 5) is 29.9. The monoisotopic (exact) mass is 313 g/mol. The normalized spacial score (nSPS) is 10.5. The molecule has 2 N–H and O–H groups in total. The molecule has 0 fully saturated rings. The Labute approximate surface area is 124 Å². The number of halogens is 1. The molecule has 0 aliphatic carbocycles. The lowest BCUT2D eigenvalue weighted by Crippen LogP contribution is -2.32. The summed E-state index contributed by atoms with van der Waals surface area (Å²) in [5.74, 6) is -0.376. The number of hydrogen-bond donors (Lipinski definition) is 2. The van der Waals surface area contributed by atoms with E-state index in [0.717, 1.165) is 11.0 Å². The van der Waals surface area contributed by atoms with Crippen LogP contribution in [0.25, 0.3) is 11.0 Å². The van der Waals surface area contributed by atoms with Crippen LogP contribution < -0.4 is 5.32 Å². The first kappa shape index (κ1) is 14.7. The number of ether oxygens (including phenoxy) is 1. The number of H-pyrrole nitrogens is 1. The Morgan fingerprint density at radius 2 is 2.30 bits per heavy atom. The fourth-order valence-electron chi connectivity index (χ4n) is 1.48. The minimum atomic E-state index is -0.741. The first-order chi connectivity index (χ1) is 9.58. The number of benzene rings is 1. The van der Waals surface area contributed by atoms with Crippen molar-refractivity contribution in [3.05, 3.63) is 23.2 Å². The van der Waals surface area contributed by atoms with Gasteiger partial charge >= 0.3 is 6.09 Å². The van der Waals surface area contributed by atoms with E-state index in [2.05, 4.69) is 20.0 Å². The van der Waals surface area contributed by atoms with E-state index >= 15 is 0 Å². The molecule has 2 amide bonds. The zero-order valence-corrected chi connectivity index (χ0v) is 12.2. The molecule has 0 aliphatic heterocycles. The highest BCUT2D eigenvalue weighted by Gasteiger charge is 2.10. The Hall–Kier alpha value is -1.73. The lowest BCUT2D eigenvalue weighted by Gasteiger charge is -2.02. The third-order valence-corrected chi connectivity index (χ3v) is 3.39. The van der Waals surface area contributed by atoms with E-state index in [9.17, 15) is 9.59 Å². The fourth-order valence-corrected chi connectivity index (χ4v) is 2.33. The maximum absolute atomic E-state index is 11.5. The van der Waals surface area contributed by atoms with Crippen molar-refractivity contribution in [3.8, 4) is 0 Å². The third-order valence-electron chi connectivity index (χ3n) is 2.28. The molecule has 0 unspecified atom stereocenters. The number of imidazole rings is 1. The topological polar surface area (TPSA) is 84.1 Å². The molecule has 1 aromatic carbocycles. The quantitative estimate of drug-likeness (QED) is 0.848. The average Bonchev–Trinajstić information content (AvgIpc) is 2.78. The van der Waals surface area contributed by atoms with E-state index in [1.165, 1.54) is 11.8 Å². The van der Waals surface area contributed by atoms with Crippen molar-refractivity contribution < 1.29 is 14.3 Å². The predicted octanol–water partition coefficient (Wildman–Crippen LogP) is 2.58. The van der Waals surface area contributed by atoms with Gasteiger partial charge in [-0.2, -0.15) is 0 Å². The summed E-state index contributed by atoms with van der Waals surface area (Å²) in [6, 6.07) is 5.29. The van der Waals surface area contributed by atoms with Crippen molar-refractivity contribution in [2.45, 2.75) is 12.1 Å². The number of amides is 2. The van der Waals surface area contributed by atoms with E-state index in [1.54, 1.807) is 25.1 Å². The Balaban J connectivity index is 1.92. The van der Waals surface area contributed by atoms with Gasteiger partial charge in [0.05, 0.1) is 23.4 Å². The van der Waals surface area contributed by atoms with Crippen LogP contribution in [0.3, 0.4) is 0 Å². The number of alkyl carbamates (subject to hydrolysis) is 1. The van der Waals surface area contributed by atoms with Gasteiger partial charge in [0.2, 0.25) is 5.91 Å². The lowest BCUT2D eigenvalue weighted by molar-refractivity contribution is -0.117. The second-order valence-electron chi connectivity index (χ2n) is 3.76. The van der Waals surface area contributed by atoms with Crippen LogP contribution in [-0.2, 0) is 9.53 Å². The lowest BCUT2D eigenvalue weighted by atomic mass is 10.3. The number of nitrogens with one attached hydrogen (secondary N) is 2. The van der Waals surface area contributed by atoms with E-state index < -0.39 is 12.0 Å². The molecule has 0 radical (unpaired) electrons. The number of nitrogens with zero attached hydrogens (tertiary/aromatic N) is 1. The van der Waals surface area contributed by atoms with Crippen LogP contribution in [-0.4, -0.2) is 34.3 Å². The van der Waals surface area contributed by atoms with Gasteiger partial charge in [-0.1, -0.05) is 23.4 Å². The second kappa shape index (κ2) is 6.62. The zero-order valence-electron chi connectivity index (χ0n) is 10.6. The highest BCUT2D eigenvalue weighted by atomic mass is 35.5. The number of aromatic nitrogens is 2. The Bertz CT molecular complexity index is 644. The molecule has 0 saturated heterocycles. The SMILES string of the molecule is CCOC(=O)NC(=O)CSc1nc2ccc(Cl)cc2[nH]1. The summed E-state index contributed by atoms with van der Waals surface area (Å²) >= 11 is 7.06. The highest BCUT2D eigenvalue weighted by molar-refractivity contribution is 7.99. The minimum Gasteiger partial charge on any atom is -0.450 e. The smallest absolute Gasteiger partial charge is 0.413 e. The molecule has 0 saturated carbocycles. The van der Waals surface area contributed by atoms with Crippen LogP contribution in [0.4, 0.5) is 4.79 Å². The molecule has 1 heterocycles. The van der Waals surface area contributed by atoms with E-state index in [-0.39, 0.29) is 12.4 Å². The van der Waals surface area contributed by atoms with Gasteiger partial charge in [-0.15, -0.1) is 0 Å². The Morgan fingerprint density at radius 1 is 1.50 bits per heavy atom. The maximum Gasteiger partial charge on any atom is 0.413 e. The number of carbonyl (C=O) groups is 2. The largest absolute Gasteiger partial charge is 0.450 e. The van der Waals surface area contributed by atoms with Crippen LogP contribution >= 0.6 is 23.4 Å². The molecule has 6 nitrogen and oxygen atoms in total. The van der Waals surface area contributed by atoms with Crippen molar-refractivity contribution in [1.82, 2.24) is 15.3 Å². The van der Waals surface area contributed by atoms with Crippen molar-refractivity contribution in [2.24, 2.45) is 0 Å². The molecule has 0 bridgehead atoms.